The lowest BCUT2D eigenvalue weighted by Crippen LogP contribution is -2.56. The van der Waals surface area contributed by atoms with E-state index in [0.29, 0.717) is 38.5 Å². The molecule has 0 unspecified atom stereocenters. The molecule has 0 bridgehead atoms. The van der Waals surface area contributed by atoms with Crippen molar-refractivity contribution in [3.63, 3.8) is 0 Å². The van der Waals surface area contributed by atoms with Crippen molar-refractivity contribution in [3.8, 4) is 0 Å². The summed E-state index contributed by atoms with van der Waals surface area (Å²) >= 11 is 0. The molecule has 1 atom stereocenters. The van der Waals surface area contributed by atoms with E-state index >= 15 is 0 Å². The molecule has 146 valence electrons. The average Bonchev–Trinajstić information content (AvgIpc) is 3.03. The fourth-order valence-electron chi connectivity index (χ4n) is 4.13. The van der Waals surface area contributed by atoms with Gasteiger partial charge in [-0.1, -0.05) is 0 Å². The number of piperidine rings is 1. The Labute approximate surface area is 155 Å². The van der Waals surface area contributed by atoms with E-state index in [1.54, 1.807) is 11.8 Å². The first-order valence-corrected chi connectivity index (χ1v) is 9.68. The summed E-state index contributed by atoms with van der Waals surface area (Å²) < 4.78 is 19.0. The van der Waals surface area contributed by atoms with Crippen LogP contribution in [0.4, 0.5) is 0 Å². The van der Waals surface area contributed by atoms with E-state index in [0.717, 1.165) is 38.0 Å². The minimum Gasteiger partial charge on any atom is -0.380 e. The van der Waals surface area contributed by atoms with E-state index in [1.165, 1.54) is 0 Å². The summed E-state index contributed by atoms with van der Waals surface area (Å²) in [7, 11) is 1.76. The Bertz CT molecular complexity index is 608. The van der Waals surface area contributed by atoms with E-state index in [1.807, 2.05) is 24.8 Å². The highest BCUT2D eigenvalue weighted by Crippen LogP contribution is 2.37. The lowest BCUT2D eigenvalue weighted by atomic mass is 9.82. The summed E-state index contributed by atoms with van der Waals surface area (Å²) in [5.74, 6) is 0.0433. The van der Waals surface area contributed by atoms with Gasteiger partial charge >= 0.3 is 0 Å². The highest BCUT2D eigenvalue weighted by Gasteiger charge is 2.45. The van der Waals surface area contributed by atoms with Gasteiger partial charge < -0.3 is 19.1 Å². The van der Waals surface area contributed by atoms with E-state index in [-0.39, 0.29) is 17.6 Å². The van der Waals surface area contributed by atoms with Gasteiger partial charge in [-0.15, -0.1) is 0 Å². The zero-order valence-electron chi connectivity index (χ0n) is 16.2. The Morgan fingerprint density at radius 1 is 1.42 bits per heavy atom. The van der Waals surface area contributed by atoms with E-state index < -0.39 is 0 Å². The second-order valence-corrected chi connectivity index (χ2v) is 7.16. The number of aromatic nitrogens is 2. The molecule has 2 saturated heterocycles. The van der Waals surface area contributed by atoms with Gasteiger partial charge in [-0.3, -0.25) is 9.48 Å². The van der Waals surface area contributed by atoms with Gasteiger partial charge in [-0.25, -0.2) is 0 Å². The molecule has 3 rings (SSSR count). The molecule has 1 spiro atoms. The van der Waals surface area contributed by atoms with Crippen LogP contribution in [0.15, 0.2) is 6.07 Å². The average molecular weight is 365 g/mol. The van der Waals surface area contributed by atoms with Crippen molar-refractivity contribution < 1.29 is 19.0 Å². The van der Waals surface area contributed by atoms with Crippen molar-refractivity contribution in [3.05, 3.63) is 17.5 Å². The highest BCUT2D eigenvalue weighted by atomic mass is 16.5. The van der Waals surface area contributed by atoms with Crippen LogP contribution in [0.2, 0.25) is 0 Å². The molecular formula is C19H31N3O4. The van der Waals surface area contributed by atoms with Crippen LogP contribution >= 0.6 is 0 Å². The lowest BCUT2D eigenvalue weighted by Gasteiger charge is -2.47. The molecule has 0 saturated carbocycles. The van der Waals surface area contributed by atoms with Crippen LogP contribution in [-0.4, -0.2) is 72.3 Å². The lowest BCUT2D eigenvalue weighted by molar-refractivity contribution is -0.183. The summed E-state index contributed by atoms with van der Waals surface area (Å²) in [5, 5.41) is 4.45. The van der Waals surface area contributed by atoms with Crippen LogP contribution in [0.3, 0.4) is 0 Å². The number of amides is 1. The van der Waals surface area contributed by atoms with Gasteiger partial charge in [0.05, 0.1) is 30.6 Å². The quantitative estimate of drug-likeness (QED) is 0.722. The Morgan fingerprint density at radius 3 is 2.88 bits per heavy atom. The van der Waals surface area contributed by atoms with Gasteiger partial charge in [0, 0.05) is 33.4 Å². The molecule has 0 radical (unpaired) electrons. The van der Waals surface area contributed by atoms with Gasteiger partial charge in [-0.2, -0.15) is 5.10 Å². The number of rotatable bonds is 6. The first-order chi connectivity index (χ1) is 12.6. The molecule has 1 aromatic rings. The maximum atomic E-state index is 13.0. The largest absolute Gasteiger partial charge is 0.380 e. The van der Waals surface area contributed by atoms with Gasteiger partial charge in [0.1, 0.15) is 5.69 Å². The number of hydrogen-bond acceptors (Lipinski definition) is 5. The molecule has 2 fully saturated rings. The molecule has 1 aromatic heterocycles. The normalized spacial score (nSPS) is 22.7. The van der Waals surface area contributed by atoms with Crippen molar-refractivity contribution in [2.75, 3.05) is 40.0 Å². The topological polar surface area (TPSA) is 65.8 Å². The smallest absolute Gasteiger partial charge is 0.272 e. The fourth-order valence-corrected chi connectivity index (χ4v) is 4.13. The molecule has 7 nitrogen and oxygen atoms in total. The van der Waals surface area contributed by atoms with E-state index in [9.17, 15) is 4.79 Å². The summed E-state index contributed by atoms with van der Waals surface area (Å²) in [5.41, 5.74) is 1.27. The molecule has 0 N–H and O–H groups in total. The van der Waals surface area contributed by atoms with E-state index in [4.69, 9.17) is 14.2 Å². The minimum atomic E-state index is -0.227. The summed E-state index contributed by atoms with van der Waals surface area (Å²) in [6, 6.07) is 1.87. The fraction of sp³-hybridized carbons (Fsp3) is 0.789. The molecule has 2 aliphatic rings. The third-order valence-corrected chi connectivity index (χ3v) is 5.54. The Balaban J connectivity index is 1.65. The second kappa shape index (κ2) is 8.50. The molecule has 3 heterocycles. The number of carbonyl (C=O) groups is 1. The zero-order valence-corrected chi connectivity index (χ0v) is 16.2. The maximum absolute atomic E-state index is 13.0. The van der Waals surface area contributed by atoms with Gasteiger partial charge in [0.25, 0.3) is 5.91 Å². The third kappa shape index (κ3) is 3.94. The number of carbonyl (C=O) groups excluding carboxylic acids is 1. The van der Waals surface area contributed by atoms with Crippen LogP contribution in [0.1, 0.15) is 48.8 Å². The van der Waals surface area contributed by atoms with Crippen LogP contribution < -0.4 is 0 Å². The Kier molecular flexibility index (Phi) is 6.32. The molecule has 7 heteroatoms. The van der Waals surface area contributed by atoms with Crippen molar-refractivity contribution in [1.82, 2.24) is 14.7 Å². The Morgan fingerprint density at radius 2 is 2.19 bits per heavy atom. The van der Waals surface area contributed by atoms with Crippen LogP contribution in [0.5, 0.6) is 0 Å². The first kappa shape index (κ1) is 19.3. The van der Waals surface area contributed by atoms with Crippen LogP contribution in [0.25, 0.3) is 0 Å². The molecule has 2 aliphatic heterocycles. The van der Waals surface area contributed by atoms with Gasteiger partial charge in [0.2, 0.25) is 0 Å². The minimum absolute atomic E-state index is 0.0433. The number of hydrogen-bond donors (Lipinski definition) is 0. The maximum Gasteiger partial charge on any atom is 0.272 e. The van der Waals surface area contributed by atoms with Crippen molar-refractivity contribution in [1.29, 1.82) is 0 Å². The summed E-state index contributed by atoms with van der Waals surface area (Å²) in [4.78, 5) is 15.0. The molecule has 0 aromatic carbocycles. The van der Waals surface area contributed by atoms with Crippen LogP contribution in [-0.2, 0) is 20.8 Å². The monoisotopic (exact) mass is 365 g/mol. The molecular weight excluding hydrogens is 334 g/mol. The SMILES string of the molecule is CCOCCn1nc(C)cc1C(=O)N1CCC2(CC1)OCCC[C@H]2OC. The van der Waals surface area contributed by atoms with Gasteiger partial charge in [0.15, 0.2) is 0 Å². The number of ether oxygens (including phenoxy) is 3. The summed E-state index contributed by atoms with van der Waals surface area (Å²) in [6.45, 7) is 7.86. The number of nitrogens with zero attached hydrogens (tertiary/aromatic N) is 3. The van der Waals surface area contributed by atoms with Crippen molar-refractivity contribution >= 4 is 5.91 Å². The standard InChI is InChI=1S/C19H31N3O4/c1-4-25-13-11-22-16(14-15(2)20-22)18(23)21-9-7-19(8-10-21)17(24-3)6-5-12-26-19/h14,17H,4-13H2,1-3H3/t17-/m1/s1. The number of methoxy groups -OCH3 is 1. The zero-order chi connectivity index (χ0) is 18.6. The van der Waals surface area contributed by atoms with Crippen LogP contribution in [0, 0.1) is 6.92 Å². The third-order valence-electron chi connectivity index (χ3n) is 5.54. The summed E-state index contributed by atoms with van der Waals surface area (Å²) in [6.07, 6.45) is 3.86. The Hall–Kier alpha value is -1.44. The highest BCUT2D eigenvalue weighted by molar-refractivity contribution is 5.92. The van der Waals surface area contributed by atoms with E-state index in [2.05, 4.69) is 5.10 Å². The molecule has 1 amide bonds. The number of likely N-dealkylation sites (tertiary alicyclic amines) is 1. The predicted octanol–water partition coefficient (Wildman–Crippen LogP) is 2.03. The first-order valence-electron chi connectivity index (χ1n) is 9.68. The van der Waals surface area contributed by atoms with Crippen molar-refractivity contribution in [2.24, 2.45) is 0 Å². The second-order valence-electron chi connectivity index (χ2n) is 7.16. The van der Waals surface area contributed by atoms with Gasteiger partial charge in [-0.05, 0) is 45.6 Å². The van der Waals surface area contributed by atoms with Crippen molar-refractivity contribution in [2.45, 2.75) is 57.8 Å². The molecule has 0 aliphatic carbocycles. The predicted molar refractivity (Wildman–Crippen MR) is 97.3 cm³/mol. The molecule has 26 heavy (non-hydrogen) atoms. The number of aryl methyl sites for hydroxylation is 1.